The van der Waals surface area contributed by atoms with Crippen molar-refractivity contribution in [3.05, 3.63) is 45.8 Å². The van der Waals surface area contributed by atoms with Crippen molar-refractivity contribution in [2.45, 2.75) is 26.8 Å². The lowest BCUT2D eigenvalue weighted by molar-refractivity contribution is -0.384. The van der Waals surface area contributed by atoms with Gasteiger partial charge in [0.1, 0.15) is 6.26 Å². The Morgan fingerprint density at radius 1 is 1.45 bits per heavy atom. The molecule has 0 bridgehead atoms. The van der Waals surface area contributed by atoms with Gasteiger partial charge in [0.25, 0.3) is 5.69 Å². The minimum absolute atomic E-state index is 0.0719. The van der Waals surface area contributed by atoms with Crippen LogP contribution in [0.3, 0.4) is 0 Å². The normalized spacial score (nSPS) is 10.7. The van der Waals surface area contributed by atoms with E-state index < -0.39 is 4.92 Å². The first kappa shape index (κ1) is 14.2. The average molecular weight is 275 g/mol. The first-order chi connectivity index (χ1) is 9.61. The lowest BCUT2D eigenvalue weighted by atomic mass is 10.1. The van der Waals surface area contributed by atoms with Gasteiger partial charge in [0.15, 0.2) is 0 Å². The van der Waals surface area contributed by atoms with E-state index in [1.54, 1.807) is 12.3 Å². The Morgan fingerprint density at radius 3 is 2.90 bits per heavy atom. The maximum Gasteiger partial charge on any atom is 0.269 e. The minimum Gasteiger partial charge on any atom is -0.444 e. The van der Waals surface area contributed by atoms with Crippen molar-refractivity contribution in [2.24, 2.45) is 0 Å². The Balaban J connectivity index is 2.17. The second kappa shape index (κ2) is 6.29. The van der Waals surface area contributed by atoms with Crippen LogP contribution in [0, 0.1) is 17.0 Å². The van der Waals surface area contributed by atoms with Crippen LogP contribution >= 0.6 is 0 Å². The molecule has 2 aromatic rings. The predicted octanol–water partition coefficient (Wildman–Crippen LogP) is 3.06. The highest BCUT2D eigenvalue weighted by molar-refractivity contribution is 5.61. The zero-order valence-electron chi connectivity index (χ0n) is 11.5. The molecule has 20 heavy (non-hydrogen) atoms. The summed E-state index contributed by atoms with van der Waals surface area (Å²) in [6, 6.07) is 4.65. The minimum atomic E-state index is -0.410. The molecule has 6 heteroatoms. The van der Waals surface area contributed by atoms with Crippen molar-refractivity contribution in [1.29, 1.82) is 0 Å². The molecule has 0 atom stereocenters. The number of nitro benzene ring substituents is 1. The second-order valence-electron chi connectivity index (χ2n) is 4.58. The second-order valence-corrected chi connectivity index (χ2v) is 4.58. The highest BCUT2D eigenvalue weighted by atomic mass is 16.6. The molecule has 0 aliphatic heterocycles. The SMILES string of the molecule is CCCNCc1coc(-c2ccc([N+](=O)[O-])cc2C)n1. The maximum absolute atomic E-state index is 10.7. The van der Waals surface area contributed by atoms with Crippen LogP contribution in [-0.4, -0.2) is 16.5 Å². The third kappa shape index (κ3) is 3.21. The van der Waals surface area contributed by atoms with Crippen LogP contribution in [0.1, 0.15) is 24.6 Å². The molecule has 0 aliphatic carbocycles. The van der Waals surface area contributed by atoms with Crippen LogP contribution in [0.4, 0.5) is 5.69 Å². The molecule has 1 N–H and O–H groups in total. The van der Waals surface area contributed by atoms with Gasteiger partial charge < -0.3 is 9.73 Å². The lowest BCUT2D eigenvalue weighted by Gasteiger charge is -2.01. The van der Waals surface area contributed by atoms with Gasteiger partial charge in [-0.25, -0.2) is 4.98 Å². The van der Waals surface area contributed by atoms with Crippen LogP contribution in [0.25, 0.3) is 11.5 Å². The number of nitrogens with zero attached hydrogens (tertiary/aromatic N) is 2. The van der Waals surface area contributed by atoms with Crippen molar-refractivity contribution >= 4 is 5.69 Å². The Bertz CT molecular complexity index is 607. The van der Waals surface area contributed by atoms with E-state index in [1.807, 2.05) is 6.92 Å². The summed E-state index contributed by atoms with van der Waals surface area (Å²) >= 11 is 0. The standard InChI is InChI=1S/C14H17N3O3/c1-3-6-15-8-11-9-20-14(16-11)13-5-4-12(17(18)19)7-10(13)2/h4-5,7,9,15H,3,6,8H2,1-2H3. The quantitative estimate of drug-likeness (QED) is 0.498. The Hall–Kier alpha value is -2.21. The molecule has 0 radical (unpaired) electrons. The fraction of sp³-hybridized carbons (Fsp3) is 0.357. The molecule has 1 heterocycles. The summed E-state index contributed by atoms with van der Waals surface area (Å²) in [5.74, 6) is 0.491. The van der Waals surface area contributed by atoms with Crippen molar-refractivity contribution in [3.63, 3.8) is 0 Å². The molecule has 106 valence electrons. The maximum atomic E-state index is 10.7. The van der Waals surface area contributed by atoms with Crippen LogP contribution in [-0.2, 0) is 6.54 Å². The summed E-state index contributed by atoms with van der Waals surface area (Å²) in [6.07, 6.45) is 2.67. The lowest BCUT2D eigenvalue weighted by Crippen LogP contribution is -2.13. The number of rotatable bonds is 6. The van der Waals surface area contributed by atoms with Crippen molar-refractivity contribution in [3.8, 4) is 11.5 Å². The molecule has 0 amide bonds. The number of oxazole rings is 1. The van der Waals surface area contributed by atoms with Crippen LogP contribution in [0.2, 0.25) is 0 Å². The molecular formula is C14H17N3O3. The molecule has 0 saturated carbocycles. The monoisotopic (exact) mass is 275 g/mol. The largest absolute Gasteiger partial charge is 0.444 e. The smallest absolute Gasteiger partial charge is 0.269 e. The van der Waals surface area contributed by atoms with Crippen LogP contribution in [0.15, 0.2) is 28.9 Å². The van der Waals surface area contributed by atoms with Gasteiger partial charge in [0.05, 0.1) is 10.6 Å². The van der Waals surface area contributed by atoms with E-state index in [-0.39, 0.29) is 5.69 Å². The van der Waals surface area contributed by atoms with E-state index in [0.29, 0.717) is 12.4 Å². The number of aromatic nitrogens is 1. The third-order valence-electron chi connectivity index (χ3n) is 2.94. The van der Waals surface area contributed by atoms with E-state index in [0.717, 1.165) is 29.8 Å². The van der Waals surface area contributed by atoms with Gasteiger partial charge in [-0.2, -0.15) is 0 Å². The Morgan fingerprint density at radius 2 is 2.25 bits per heavy atom. The van der Waals surface area contributed by atoms with Gasteiger partial charge >= 0.3 is 0 Å². The molecule has 0 fully saturated rings. The van der Waals surface area contributed by atoms with Crippen molar-refractivity contribution in [1.82, 2.24) is 10.3 Å². The summed E-state index contributed by atoms with van der Waals surface area (Å²) in [4.78, 5) is 14.7. The molecule has 0 spiro atoms. The summed E-state index contributed by atoms with van der Waals surface area (Å²) in [7, 11) is 0. The van der Waals surface area contributed by atoms with Crippen molar-refractivity contribution in [2.75, 3.05) is 6.54 Å². The molecule has 0 aliphatic rings. The predicted molar refractivity (Wildman–Crippen MR) is 75.3 cm³/mol. The van der Waals surface area contributed by atoms with Gasteiger partial charge in [-0.05, 0) is 31.5 Å². The number of nitrogens with one attached hydrogen (secondary N) is 1. The van der Waals surface area contributed by atoms with Gasteiger partial charge in [-0.15, -0.1) is 0 Å². The number of hydrogen-bond acceptors (Lipinski definition) is 5. The van der Waals surface area contributed by atoms with Crippen molar-refractivity contribution < 1.29 is 9.34 Å². The van der Waals surface area contributed by atoms with E-state index in [9.17, 15) is 10.1 Å². The van der Waals surface area contributed by atoms with Crippen LogP contribution in [0.5, 0.6) is 0 Å². The number of aryl methyl sites for hydroxylation is 1. The van der Waals surface area contributed by atoms with E-state index in [1.165, 1.54) is 12.1 Å². The van der Waals surface area contributed by atoms with E-state index >= 15 is 0 Å². The van der Waals surface area contributed by atoms with E-state index in [4.69, 9.17) is 4.42 Å². The van der Waals surface area contributed by atoms with Gasteiger partial charge in [-0.3, -0.25) is 10.1 Å². The number of nitro groups is 1. The fourth-order valence-corrected chi connectivity index (χ4v) is 1.91. The molecule has 1 aromatic carbocycles. The highest BCUT2D eigenvalue weighted by Crippen LogP contribution is 2.26. The Labute approximate surface area is 117 Å². The molecule has 6 nitrogen and oxygen atoms in total. The zero-order chi connectivity index (χ0) is 14.5. The summed E-state index contributed by atoms with van der Waals surface area (Å²) < 4.78 is 5.44. The molecular weight excluding hydrogens is 258 g/mol. The first-order valence-corrected chi connectivity index (χ1v) is 6.52. The summed E-state index contributed by atoms with van der Waals surface area (Å²) in [6.45, 7) is 5.49. The third-order valence-corrected chi connectivity index (χ3v) is 2.94. The van der Waals surface area contributed by atoms with Crippen LogP contribution < -0.4 is 5.32 Å². The summed E-state index contributed by atoms with van der Waals surface area (Å²) in [5, 5.41) is 14.0. The Kier molecular flexibility index (Phi) is 4.47. The average Bonchev–Trinajstić information content (AvgIpc) is 2.87. The molecule has 2 rings (SSSR count). The van der Waals surface area contributed by atoms with Gasteiger partial charge in [0, 0.05) is 24.2 Å². The molecule has 0 saturated heterocycles. The number of non-ortho nitro benzene ring substituents is 1. The highest BCUT2D eigenvalue weighted by Gasteiger charge is 2.13. The number of hydrogen-bond donors (Lipinski definition) is 1. The zero-order valence-corrected chi connectivity index (χ0v) is 11.5. The number of benzene rings is 1. The first-order valence-electron chi connectivity index (χ1n) is 6.52. The fourth-order valence-electron chi connectivity index (χ4n) is 1.91. The molecule has 0 unspecified atom stereocenters. The summed E-state index contributed by atoms with van der Waals surface area (Å²) in [5.41, 5.74) is 2.44. The van der Waals surface area contributed by atoms with Gasteiger partial charge in [-0.1, -0.05) is 6.92 Å². The van der Waals surface area contributed by atoms with Gasteiger partial charge in [0.2, 0.25) is 5.89 Å². The molecule has 1 aromatic heterocycles. The van der Waals surface area contributed by atoms with E-state index in [2.05, 4.69) is 17.2 Å². The topological polar surface area (TPSA) is 81.2 Å².